The molecule has 0 aliphatic carbocycles. The quantitative estimate of drug-likeness (QED) is 0.723. The number of aromatic nitrogens is 2. The topological polar surface area (TPSA) is 101 Å². The number of rotatable bonds is 5. The van der Waals surface area contributed by atoms with Crippen LogP contribution in [-0.4, -0.2) is 30.5 Å². The van der Waals surface area contributed by atoms with Gasteiger partial charge in [0.15, 0.2) is 5.13 Å². The van der Waals surface area contributed by atoms with Gasteiger partial charge in [-0.05, 0) is 29.8 Å². The van der Waals surface area contributed by atoms with E-state index >= 15 is 0 Å². The molecule has 3 rings (SSSR count). The van der Waals surface area contributed by atoms with E-state index in [1.165, 1.54) is 11.3 Å². The third-order valence-electron chi connectivity index (χ3n) is 3.10. The van der Waals surface area contributed by atoms with Crippen molar-refractivity contribution in [2.24, 2.45) is 0 Å². The summed E-state index contributed by atoms with van der Waals surface area (Å²) in [5.41, 5.74) is 2.03. The third-order valence-corrected chi connectivity index (χ3v) is 4.73. The number of anilines is 1. The lowest BCUT2D eigenvalue weighted by molar-refractivity contribution is 0.0951. The van der Waals surface area contributed by atoms with Gasteiger partial charge in [-0.2, -0.15) is 0 Å². The van der Waals surface area contributed by atoms with Crippen molar-refractivity contribution >= 4 is 42.6 Å². The molecule has 124 valence electrons. The Kier molecular flexibility index (Phi) is 4.45. The van der Waals surface area contributed by atoms with Crippen molar-refractivity contribution < 1.29 is 13.2 Å². The van der Waals surface area contributed by atoms with Crippen LogP contribution in [0.15, 0.2) is 42.7 Å². The Balaban J connectivity index is 1.76. The lowest BCUT2D eigenvalue weighted by atomic mass is 10.2. The van der Waals surface area contributed by atoms with Gasteiger partial charge in [-0.3, -0.25) is 14.5 Å². The molecule has 0 spiro atoms. The van der Waals surface area contributed by atoms with Crippen molar-refractivity contribution in [2.45, 2.75) is 6.54 Å². The Morgan fingerprint density at radius 2 is 2.12 bits per heavy atom. The Hall–Kier alpha value is -2.52. The number of thiazole rings is 1. The van der Waals surface area contributed by atoms with Crippen LogP contribution in [0.2, 0.25) is 0 Å². The second kappa shape index (κ2) is 6.54. The van der Waals surface area contributed by atoms with Crippen molar-refractivity contribution in [3.8, 4) is 0 Å². The number of pyridine rings is 1. The summed E-state index contributed by atoms with van der Waals surface area (Å²) in [6.45, 7) is 0.383. The summed E-state index contributed by atoms with van der Waals surface area (Å²) in [5, 5.41) is 3.10. The van der Waals surface area contributed by atoms with Gasteiger partial charge < -0.3 is 5.32 Å². The van der Waals surface area contributed by atoms with Crippen LogP contribution in [0.4, 0.5) is 5.13 Å². The van der Waals surface area contributed by atoms with Gasteiger partial charge >= 0.3 is 0 Å². The fourth-order valence-corrected chi connectivity index (χ4v) is 3.80. The van der Waals surface area contributed by atoms with Crippen molar-refractivity contribution in [1.82, 2.24) is 15.3 Å². The Morgan fingerprint density at radius 3 is 2.83 bits per heavy atom. The smallest absolute Gasteiger partial charge is 0.251 e. The van der Waals surface area contributed by atoms with Crippen LogP contribution in [0.3, 0.4) is 0 Å². The minimum absolute atomic E-state index is 0.216. The summed E-state index contributed by atoms with van der Waals surface area (Å²) in [6, 6.07) is 8.73. The maximum absolute atomic E-state index is 12.2. The summed E-state index contributed by atoms with van der Waals surface area (Å²) < 4.78 is 25.6. The molecule has 9 heteroatoms. The molecule has 1 amide bonds. The predicted octanol–water partition coefficient (Wildman–Crippen LogP) is 1.99. The van der Waals surface area contributed by atoms with Gasteiger partial charge in [-0.1, -0.05) is 17.4 Å². The van der Waals surface area contributed by atoms with Gasteiger partial charge in [0.25, 0.3) is 5.91 Å². The zero-order valence-corrected chi connectivity index (χ0v) is 14.3. The van der Waals surface area contributed by atoms with Gasteiger partial charge in [-0.15, -0.1) is 0 Å². The molecule has 24 heavy (non-hydrogen) atoms. The Morgan fingerprint density at radius 1 is 1.29 bits per heavy atom. The van der Waals surface area contributed by atoms with E-state index in [0.29, 0.717) is 17.6 Å². The second-order valence-electron chi connectivity index (χ2n) is 5.12. The number of nitrogens with zero attached hydrogens (tertiary/aromatic N) is 2. The highest BCUT2D eigenvalue weighted by Gasteiger charge is 2.11. The van der Waals surface area contributed by atoms with Crippen LogP contribution in [-0.2, 0) is 16.6 Å². The SMILES string of the molecule is CS(=O)(=O)Nc1nc2ccc(C(=O)NCc3cccnc3)cc2s1. The zero-order chi connectivity index (χ0) is 17.2. The molecule has 0 bridgehead atoms. The van der Waals surface area contributed by atoms with E-state index in [4.69, 9.17) is 0 Å². The summed E-state index contributed by atoms with van der Waals surface area (Å²) in [6.07, 6.45) is 4.43. The van der Waals surface area contributed by atoms with Gasteiger partial charge in [-0.25, -0.2) is 13.4 Å². The van der Waals surface area contributed by atoms with E-state index < -0.39 is 10.0 Å². The average molecular weight is 362 g/mol. The predicted molar refractivity (Wildman–Crippen MR) is 93.5 cm³/mol. The van der Waals surface area contributed by atoms with Crippen LogP contribution < -0.4 is 10.0 Å². The highest BCUT2D eigenvalue weighted by atomic mass is 32.2. The van der Waals surface area contributed by atoms with Crippen molar-refractivity contribution in [3.05, 3.63) is 53.9 Å². The normalized spacial score (nSPS) is 11.4. The molecule has 2 N–H and O–H groups in total. The number of sulfonamides is 1. The molecule has 0 fully saturated rings. The minimum atomic E-state index is -3.38. The number of carbonyl (C=O) groups is 1. The highest BCUT2D eigenvalue weighted by molar-refractivity contribution is 7.92. The maximum atomic E-state index is 12.2. The van der Waals surface area contributed by atoms with E-state index in [1.807, 2.05) is 6.07 Å². The molecule has 0 unspecified atom stereocenters. The summed E-state index contributed by atoms with van der Waals surface area (Å²) in [4.78, 5) is 20.4. The lowest BCUT2D eigenvalue weighted by Crippen LogP contribution is -2.22. The van der Waals surface area contributed by atoms with Crippen LogP contribution in [0.1, 0.15) is 15.9 Å². The number of fused-ring (bicyclic) bond motifs is 1. The maximum Gasteiger partial charge on any atom is 0.251 e. The molecule has 2 heterocycles. The Bertz CT molecular complexity index is 984. The van der Waals surface area contributed by atoms with Gasteiger partial charge in [0, 0.05) is 24.5 Å². The molecule has 0 saturated heterocycles. The van der Waals surface area contributed by atoms with Crippen LogP contribution in [0.5, 0.6) is 0 Å². The van der Waals surface area contributed by atoms with Gasteiger partial charge in [0.2, 0.25) is 10.0 Å². The summed E-state index contributed by atoms with van der Waals surface area (Å²) in [7, 11) is -3.38. The Labute approximate surface area is 142 Å². The summed E-state index contributed by atoms with van der Waals surface area (Å²) in [5.74, 6) is -0.216. The fourth-order valence-electron chi connectivity index (χ4n) is 2.06. The van der Waals surface area contributed by atoms with Gasteiger partial charge in [0.05, 0.1) is 16.5 Å². The first-order valence-corrected chi connectivity index (χ1v) is 9.67. The molecule has 0 aliphatic heterocycles. The third kappa shape index (κ3) is 4.06. The molecular formula is C15H14N4O3S2. The van der Waals surface area contributed by atoms with Crippen molar-refractivity contribution in [3.63, 3.8) is 0 Å². The van der Waals surface area contributed by atoms with E-state index in [1.54, 1.807) is 36.7 Å². The monoisotopic (exact) mass is 362 g/mol. The standard InChI is InChI=1S/C15H14N4O3S2/c1-24(21,22)19-15-18-12-5-4-11(7-13(12)23-15)14(20)17-9-10-3-2-6-16-8-10/h2-8H,9H2,1H3,(H,17,20)(H,18,19). The first kappa shape index (κ1) is 16.3. The number of benzene rings is 1. The molecule has 0 atom stereocenters. The van der Waals surface area contributed by atoms with E-state index in [9.17, 15) is 13.2 Å². The largest absolute Gasteiger partial charge is 0.348 e. The second-order valence-corrected chi connectivity index (χ2v) is 7.90. The molecule has 0 radical (unpaired) electrons. The number of amides is 1. The van der Waals surface area contributed by atoms with E-state index in [0.717, 1.165) is 16.5 Å². The number of carbonyl (C=O) groups excluding carboxylic acids is 1. The summed E-state index contributed by atoms with van der Waals surface area (Å²) >= 11 is 1.18. The van der Waals surface area contributed by atoms with Crippen molar-refractivity contribution in [1.29, 1.82) is 0 Å². The van der Waals surface area contributed by atoms with Crippen LogP contribution >= 0.6 is 11.3 Å². The molecule has 1 aromatic carbocycles. The van der Waals surface area contributed by atoms with Gasteiger partial charge in [0.1, 0.15) is 0 Å². The average Bonchev–Trinajstić information content (AvgIpc) is 2.92. The highest BCUT2D eigenvalue weighted by Crippen LogP contribution is 2.27. The lowest BCUT2D eigenvalue weighted by Gasteiger charge is -2.04. The van der Waals surface area contributed by atoms with E-state index in [2.05, 4.69) is 20.0 Å². The minimum Gasteiger partial charge on any atom is -0.348 e. The number of nitrogens with one attached hydrogen (secondary N) is 2. The molecule has 0 saturated carbocycles. The number of hydrogen-bond acceptors (Lipinski definition) is 6. The zero-order valence-electron chi connectivity index (χ0n) is 12.7. The van der Waals surface area contributed by atoms with E-state index in [-0.39, 0.29) is 11.0 Å². The van der Waals surface area contributed by atoms with Crippen LogP contribution in [0.25, 0.3) is 10.2 Å². The first-order valence-electron chi connectivity index (χ1n) is 6.96. The fraction of sp³-hybridized carbons (Fsp3) is 0.133. The molecule has 7 nitrogen and oxygen atoms in total. The first-order chi connectivity index (χ1) is 11.4. The van der Waals surface area contributed by atoms with Crippen molar-refractivity contribution in [2.75, 3.05) is 11.0 Å². The number of hydrogen-bond donors (Lipinski definition) is 2. The molecular weight excluding hydrogens is 348 g/mol. The van der Waals surface area contributed by atoms with Crippen LogP contribution in [0, 0.1) is 0 Å². The molecule has 0 aliphatic rings. The molecule has 2 aromatic heterocycles. The molecule has 3 aromatic rings.